The van der Waals surface area contributed by atoms with Crippen molar-refractivity contribution in [1.29, 1.82) is 0 Å². The Labute approximate surface area is 353 Å². The number of rotatable bonds is 38. The van der Waals surface area contributed by atoms with E-state index >= 15 is 0 Å². The minimum Gasteiger partial charge on any atom is -0.507 e. The van der Waals surface area contributed by atoms with Crippen molar-refractivity contribution in [2.75, 3.05) is 13.2 Å². The number of aryl methyl sites for hydroxylation is 1. The summed E-state index contributed by atoms with van der Waals surface area (Å²) in [6, 6.07) is 3.84. The van der Waals surface area contributed by atoms with Gasteiger partial charge >= 0.3 is 11.9 Å². The number of phenols is 1. The highest BCUT2D eigenvalue weighted by atomic mass is 16.5. The molecule has 330 valence electrons. The molecule has 0 aromatic heterocycles. The van der Waals surface area contributed by atoms with Crippen LogP contribution in [0.4, 0.5) is 0 Å². The first-order chi connectivity index (χ1) is 27.6. The van der Waals surface area contributed by atoms with Crippen molar-refractivity contribution in [3.63, 3.8) is 0 Å². The molecule has 0 unspecified atom stereocenters. The maximum Gasteiger partial charge on any atom is 0.334 e. The van der Waals surface area contributed by atoms with Crippen molar-refractivity contribution in [2.45, 2.75) is 259 Å². The molecule has 0 amide bonds. The van der Waals surface area contributed by atoms with Crippen molar-refractivity contribution in [3.8, 4) is 5.75 Å². The molecular weight excluding hydrogens is 705 g/mol. The number of unbranched alkanes of at least 4 members (excludes halogenated alkanes) is 30. The molecule has 0 spiro atoms. The summed E-state index contributed by atoms with van der Waals surface area (Å²) >= 11 is 0. The summed E-state index contributed by atoms with van der Waals surface area (Å²) in [5, 5.41) is 10.8. The number of esters is 2. The van der Waals surface area contributed by atoms with Crippen LogP contribution >= 0.6 is 0 Å². The maximum absolute atomic E-state index is 13.4. The third-order valence-corrected chi connectivity index (χ3v) is 11.6. The Kier molecular flexibility index (Phi) is 33.0. The highest BCUT2D eigenvalue weighted by molar-refractivity contribution is 5.96. The summed E-state index contributed by atoms with van der Waals surface area (Å²) in [5.74, 6) is -0.670. The minimum atomic E-state index is -0.489. The van der Waals surface area contributed by atoms with E-state index in [-0.39, 0.29) is 17.6 Å². The van der Waals surface area contributed by atoms with Crippen molar-refractivity contribution in [1.82, 2.24) is 0 Å². The van der Waals surface area contributed by atoms with Gasteiger partial charge in [-0.1, -0.05) is 239 Å². The van der Waals surface area contributed by atoms with E-state index in [0.29, 0.717) is 18.8 Å². The molecule has 0 radical (unpaired) electrons. The van der Waals surface area contributed by atoms with Gasteiger partial charge in [-0.25, -0.2) is 9.59 Å². The third kappa shape index (κ3) is 29.5. The molecule has 0 saturated carbocycles. The Morgan fingerprint density at radius 2 is 0.860 bits per heavy atom. The van der Waals surface area contributed by atoms with Gasteiger partial charge in [0.15, 0.2) is 0 Å². The number of carbonyl (C=O) groups excluding carboxylic acids is 2. The van der Waals surface area contributed by atoms with Gasteiger partial charge in [0.25, 0.3) is 0 Å². The highest BCUT2D eigenvalue weighted by Gasteiger charge is 2.22. The van der Waals surface area contributed by atoms with Crippen LogP contribution in [0, 0.1) is 6.92 Å². The number of phenolic OH excluding ortho intramolecular Hbond substituents is 1. The highest BCUT2D eigenvalue weighted by Crippen LogP contribution is 2.34. The number of hydrogen-bond acceptors (Lipinski definition) is 5. The van der Waals surface area contributed by atoms with Crippen LogP contribution in [-0.4, -0.2) is 30.3 Å². The molecule has 0 atom stereocenters. The van der Waals surface area contributed by atoms with E-state index in [4.69, 9.17) is 9.47 Å². The Balaban J connectivity index is 2.41. The van der Waals surface area contributed by atoms with E-state index in [1.54, 1.807) is 0 Å². The van der Waals surface area contributed by atoms with Crippen LogP contribution in [0.2, 0.25) is 0 Å². The van der Waals surface area contributed by atoms with Gasteiger partial charge in [-0.3, -0.25) is 0 Å². The van der Waals surface area contributed by atoms with E-state index in [1.807, 2.05) is 19.1 Å². The zero-order valence-corrected chi connectivity index (χ0v) is 38.6. The van der Waals surface area contributed by atoms with Gasteiger partial charge in [-0.2, -0.15) is 0 Å². The van der Waals surface area contributed by atoms with E-state index in [2.05, 4.69) is 34.6 Å². The first kappa shape index (κ1) is 52.7. The standard InChI is InChI=1S/C52H92O5/c1-7-9-11-13-15-17-19-21-23-25-27-29-31-33-35-37-39-56-49(53)44-47(42-46-41-45(3)50(54)48(43-46)52(4,5)6)51(55)57-40-38-36-34-32-30-28-26-24-22-20-18-16-14-12-10-8-2/h41,43-44,54H,7-40,42H2,1-6H3/b47-44-. The summed E-state index contributed by atoms with van der Waals surface area (Å²) < 4.78 is 11.3. The Morgan fingerprint density at radius 3 is 1.21 bits per heavy atom. The van der Waals surface area contributed by atoms with Crippen LogP contribution in [0.5, 0.6) is 5.75 Å². The summed E-state index contributed by atoms with van der Waals surface area (Å²) in [7, 11) is 0. The fourth-order valence-corrected chi connectivity index (χ4v) is 7.84. The lowest BCUT2D eigenvalue weighted by atomic mass is 9.83. The molecule has 0 aliphatic heterocycles. The number of carbonyl (C=O) groups is 2. The van der Waals surface area contributed by atoms with Crippen LogP contribution in [0.1, 0.15) is 257 Å². The van der Waals surface area contributed by atoms with E-state index in [9.17, 15) is 14.7 Å². The molecule has 0 aliphatic rings. The van der Waals surface area contributed by atoms with Crippen molar-refractivity contribution >= 4 is 11.9 Å². The van der Waals surface area contributed by atoms with Crippen molar-refractivity contribution in [3.05, 3.63) is 40.5 Å². The van der Waals surface area contributed by atoms with Crippen LogP contribution in [0.3, 0.4) is 0 Å². The fourth-order valence-electron chi connectivity index (χ4n) is 7.84. The summed E-state index contributed by atoms with van der Waals surface area (Å²) in [6.07, 6.45) is 43.1. The van der Waals surface area contributed by atoms with Gasteiger partial charge < -0.3 is 14.6 Å². The molecule has 0 aliphatic carbocycles. The predicted molar refractivity (Wildman–Crippen MR) is 244 cm³/mol. The zero-order chi connectivity index (χ0) is 41.8. The molecule has 0 heterocycles. The van der Waals surface area contributed by atoms with Gasteiger partial charge in [0.1, 0.15) is 5.75 Å². The molecule has 5 heteroatoms. The lowest BCUT2D eigenvalue weighted by Gasteiger charge is -2.23. The molecule has 1 aromatic rings. The zero-order valence-electron chi connectivity index (χ0n) is 38.6. The quantitative estimate of drug-likeness (QED) is 0.0410. The van der Waals surface area contributed by atoms with E-state index < -0.39 is 11.9 Å². The van der Waals surface area contributed by atoms with E-state index in [1.165, 1.54) is 179 Å². The lowest BCUT2D eigenvalue weighted by molar-refractivity contribution is -0.141. The van der Waals surface area contributed by atoms with Gasteiger partial charge in [-0.15, -0.1) is 0 Å². The normalized spacial score (nSPS) is 12.0. The second kappa shape index (κ2) is 35.6. The smallest absolute Gasteiger partial charge is 0.334 e. The van der Waals surface area contributed by atoms with Gasteiger partial charge in [0.2, 0.25) is 0 Å². The first-order valence-electron chi connectivity index (χ1n) is 24.5. The lowest BCUT2D eigenvalue weighted by Crippen LogP contribution is -2.16. The Morgan fingerprint density at radius 1 is 0.526 bits per heavy atom. The van der Waals surface area contributed by atoms with Gasteiger partial charge in [0.05, 0.1) is 13.2 Å². The monoisotopic (exact) mass is 797 g/mol. The fraction of sp³-hybridized carbons (Fsp3) is 0.808. The largest absolute Gasteiger partial charge is 0.507 e. The Hall–Kier alpha value is -2.30. The maximum atomic E-state index is 13.4. The number of benzene rings is 1. The topological polar surface area (TPSA) is 72.8 Å². The average Bonchev–Trinajstić information content (AvgIpc) is 3.17. The number of hydrogen-bond donors (Lipinski definition) is 1. The molecule has 0 saturated heterocycles. The molecule has 0 bridgehead atoms. The summed E-state index contributed by atoms with van der Waals surface area (Å²) in [6.45, 7) is 13.3. The summed E-state index contributed by atoms with van der Waals surface area (Å²) in [5.41, 5.74) is 2.47. The van der Waals surface area contributed by atoms with Crippen molar-refractivity contribution < 1.29 is 24.2 Å². The van der Waals surface area contributed by atoms with E-state index in [0.717, 1.165) is 48.8 Å². The van der Waals surface area contributed by atoms with Crippen LogP contribution in [0.25, 0.3) is 0 Å². The SMILES string of the molecule is CCCCCCCCCCCCCCCCCCOC(=O)/C=C(/Cc1cc(C)c(O)c(C(C)(C)C)c1)C(=O)OCCCCCCCCCCCCCCCCCC. The first-order valence-corrected chi connectivity index (χ1v) is 24.5. The Bertz CT molecular complexity index is 1160. The molecule has 1 rings (SSSR count). The molecule has 5 nitrogen and oxygen atoms in total. The molecule has 0 fully saturated rings. The number of aromatic hydroxyl groups is 1. The third-order valence-electron chi connectivity index (χ3n) is 11.6. The van der Waals surface area contributed by atoms with Crippen LogP contribution < -0.4 is 0 Å². The predicted octanol–water partition coefficient (Wildman–Crippen LogP) is 16.1. The molecular formula is C52H92O5. The molecule has 1 N–H and O–H groups in total. The van der Waals surface area contributed by atoms with Gasteiger partial charge in [0, 0.05) is 18.1 Å². The second-order valence-corrected chi connectivity index (χ2v) is 18.3. The number of ether oxygens (including phenoxy) is 2. The van der Waals surface area contributed by atoms with Crippen LogP contribution in [0.15, 0.2) is 23.8 Å². The average molecular weight is 797 g/mol. The second-order valence-electron chi connectivity index (χ2n) is 18.3. The van der Waals surface area contributed by atoms with Crippen LogP contribution in [-0.2, 0) is 30.9 Å². The minimum absolute atomic E-state index is 0.246. The molecule has 1 aromatic carbocycles. The molecule has 57 heavy (non-hydrogen) atoms. The summed E-state index contributed by atoms with van der Waals surface area (Å²) in [4.78, 5) is 26.3. The van der Waals surface area contributed by atoms with Crippen molar-refractivity contribution in [2.24, 2.45) is 0 Å². The van der Waals surface area contributed by atoms with Gasteiger partial charge in [-0.05, 0) is 41.9 Å².